The minimum absolute atomic E-state index is 0.130. The van der Waals surface area contributed by atoms with E-state index in [1.807, 2.05) is 0 Å². The van der Waals surface area contributed by atoms with Crippen LogP contribution in [0.5, 0.6) is 0 Å². The molecule has 1 aliphatic heterocycles. The number of hydrogen-bond acceptors (Lipinski definition) is 9. The van der Waals surface area contributed by atoms with Crippen LogP contribution < -0.4 is 0 Å². The maximum Gasteiger partial charge on any atom is 0.342 e. The van der Waals surface area contributed by atoms with E-state index in [1.54, 1.807) is 0 Å². The lowest BCUT2D eigenvalue weighted by Crippen LogP contribution is -2.61. The molecule has 0 unspecified atom stereocenters. The molecule has 0 bridgehead atoms. The van der Waals surface area contributed by atoms with Gasteiger partial charge in [-0.05, 0) is 4.92 Å². The molecule has 1 fully saturated rings. The van der Waals surface area contributed by atoms with Gasteiger partial charge in [0.15, 0.2) is 18.2 Å². The quantitative estimate of drug-likeness (QED) is 0.244. The van der Waals surface area contributed by atoms with Crippen molar-refractivity contribution in [1.82, 2.24) is 9.55 Å². The molecule has 1 aromatic heterocycles. The predicted octanol–water partition coefficient (Wildman–Crippen LogP) is -1.38. The van der Waals surface area contributed by atoms with Crippen LogP contribution in [0.1, 0.15) is 5.82 Å². The number of ether oxygens (including phenoxy) is 2. The normalized spacial score (nSPS) is 30.1. The van der Waals surface area contributed by atoms with Gasteiger partial charge in [-0.1, -0.05) is 0 Å². The first-order valence-electron chi connectivity index (χ1n) is 7.47. The van der Waals surface area contributed by atoms with Crippen molar-refractivity contribution in [3.8, 4) is 0 Å². The number of aliphatic hydroxyl groups is 3. The number of aliphatic hydroxyl groups excluding tert-OH is 3. The Hall–Kier alpha value is -1.83. The van der Waals surface area contributed by atoms with Crippen LogP contribution in [0, 0.1) is 17.0 Å². The summed E-state index contributed by atoms with van der Waals surface area (Å²) in [5.74, 6) is -1.72. The molecule has 0 radical (unpaired) electrons. The molecule has 1 aliphatic rings. The van der Waals surface area contributed by atoms with Crippen molar-refractivity contribution in [3.05, 3.63) is 22.1 Å². The fourth-order valence-electron chi connectivity index (χ4n) is 2.51. The first-order chi connectivity index (χ1) is 12.2. The molecule has 0 aliphatic carbocycles. The van der Waals surface area contributed by atoms with Gasteiger partial charge in [0.1, 0.15) is 37.2 Å². The van der Waals surface area contributed by atoms with E-state index in [-0.39, 0.29) is 18.2 Å². The van der Waals surface area contributed by atoms with Crippen LogP contribution in [0.3, 0.4) is 0 Å². The smallest absolute Gasteiger partial charge is 0.342 e. The van der Waals surface area contributed by atoms with E-state index in [0.29, 0.717) is 5.82 Å². The van der Waals surface area contributed by atoms with E-state index in [2.05, 4.69) is 4.98 Å². The Balaban J connectivity index is 2.15. The summed E-state index contributed by atoms with van der Waals surface area (Å²) in [7, 11) is 0. The molecular formula is C13H18ClN3O9. The second kappa shape index (κ2) is 8.24. The molecule has 1 saturated heterocycles. The summed E-state index contributed by atoms with van der Waals surface area (Å²) in [5, 5.41) is 49.4. The lowest BCUT2D eigenvalue weighted by Gasteiger charge is -2.39. The van der Waals surface area contributed by atoms with Gasteiger partial charge in [-0.25, -0.2) is 14.3 Å². The average molecular weight is 396 g/mol. The van der Waals surface area contributed by atoms with Gasteiger partial charge in [0.05, 0.1) is 5.88 Å². The van der Waals surface area contributed by atoms with Gasteiger partial charge in [0, 0.05) is 6.92 Å². The number of nitrogens with zero attached hydrogens (tertiary/aromatic N) is 3. The summed E-state index contributed by atoms with van der Waals surface area (Å²) in [6.07, 6.45) is -8.73. The van der Waals surface area contributed by atoms with Crippen molar-refractivity contribution in [2.24, 2.45) is 0 Å². The number of carboxylic acids is 1. The Morgan fingerprint density at radius 2 is 2.12 bits per heavy atom. The van der Waals surface area contributed by atoms with Crippen molar-refractivity contribution < 1.29 is 39.6 Å². The lowest BCUT2D eigenvalue weighted by molar-refractivity contribution is -0.392. The first-order valence-corrected chi connectivity index (χ1v) is 8.01. The molecule has 13 heteroatoms. The van der Waals surface area contributed by atoms with Gasteiger partial charge < -0.3 is 40.0 Å². The van der Waals surface area contributed by atoms with Gasteiger partial charge in [0.2, 0.25) is 0 Å². The monoisotopic (exact) mass is 395 g/mol. The number of imidazole rings is 1. The third-order valence-electron chi connectivity index (χ3n) is 3.92. The highest BCUT2D eigenvalue weighted by atomic mass is 35.5. The number of carboxylic acid groups (broad SMARTS) is 1. The molecule has 0 aromatic carbocycles. The molecule has 6 atom stereocenters. The average Bonchev–Trinajstić information content (AvgIpc) is 2.94. The van der Waals surface area contributed by atoms with Crippen LogP contribution in [-0.4, -0.2) is 83.6 Å². The minimum atomic E-state index is -1.85. The number of aliphatic carboxylic acids is 1. The fourth-order valence-corrected chi connectivity index (χ4v) is 2.68. The Bertz CT molecular complexity index is 669. The lowest BCUT2D eigenvalue weighted by atomic mass is 9.99. The Morgan fingerprint density at radius 1 is 1.46 bits per heavy atom. The summed E-state index contributed by atoms with van der Waals surface area (Å²) in [6, 6.07) is 0. The zero-order valence-electron chi connectivity index (χ0n) is 13.5. The maximum absolute atomic E-state index is 11.1. The second-order valence-corrected chi connectivity index (χ2v) is 5.99. The van der Waals surface area contributed by atoms with Crippen molar-refractivity contribution >= 4 is 23.4 Å². The molecule has 4 N–H and O–H groups in total. The maximum atomic E-state index is 11.1. The van der Waals surface area contributed by atoms with Gasteiger partial charge in [-0.3, -0.25) is 0 Å². The number of hydrogen-bond donors (Lipinski definition) is 4. The van der Waals surface area contributed by atoms with Crippen LogP contribution in [0.2, 0.25) is 0 Å². The molecule has 0 spiro atoms. The SMILES string of the molecule is Cc1ncc([N+](=O)[O-])n1C[C@H](CCl)O[C@H]1O[C@@H](C(=O)O)[C@H](O)[C@@H](O)[C@@H]1O. The van der Waals surface area contributed by atoms with Gasteiger partial charge in [-0.15, -0.1) is 11.6 Å². The van der Waals surface area contributed by atoms with E-state index in [4.69, 9.17) is 26.2 Å². The van der Waals surface area contributed by atoms with Crippen LogP contribution in [0.4, 0.5) is 5.82 Å². The summed E-state index contributed by atoms with van der Waals surface area (Å²) in [5.41, 5.74) is 0. The number of aryl methyl sites for hydroxylation is 1. The molecule has 0 amide bonds. The first kappa shape index (κ1) is 20.5. The number of carbonyl (C=O) groups is 1. The summed E-state index contributed by atoms with van der Waals surface area (Å²) < 4.78 is 11.6. The Kier molecular flexibility index (Phi) is 6.49. The van der Waals surface area contributed by atoms with Crippen molar-refractivity contribution in [2.45, 2.75) is 50.3 Å². The van der Waals surface area contributed by atoms with E-state index in [1.165, 1.54) is 11.5 Å². The molecular weight excluding hydrogens is 378 g/mol. The van der Waals surface area contributed by atoms with E-state index in [9.17, 15) is 30.2 Å². The predicted molar refractivity (Wildman–Crippen MR) is 83.5 cm³/mol. The zero-order valence-corrected chi connectivity index (χ0v) is 14.3. The van der Waals surface area contributed by atoms with Crippen LogP contribution in [0.25, 0.3) is 0 Å². The standard InChI is InChI=1S/C13H18ClN3O9/c1-5-15-3-7(17(23)24)16(5)4-6(2-14)25-13-10(20)8(18)9(19)11(26-13)12(21)22/h3,6,8-11,13,18-20H,2,4H2,1H3,(H,21,22)/t6-,8+,9+,10-,11+,13-/m0/s1. The number of halogens is 1. The molecule has 26 heavy (non-hydrogen) atoms. The largest absolute Gasteiger partial charge is 0.479 e. The number of aromatic nitrogens is 2. The minimum Gasteiger partial charge on any atom is -0.479 e. The second-order valence-electron chi connectivity index (χ2n) is 5.68. The number of rotatable bonds is 7. The Morgan fingerprint density at radius 3 is 2.65 bits per heavy atom. The van der Waals surface area contributed by atoms with Crippen LogP contribution in [0.15, 0.2) is 6.20 Å². The third kappa shape index (κ3) is 4.11. The third-order valence-corrected chi connectivity index (χ3v) is 4.26. The molecule has 2 rings (SSSR count). The highest BCUT2D eigenvalue weighted by Crippen LogP contribution is 2.24. The van der Waals surface area contributed by atoms with E-state index in [0.717, 1.165) is 6.20 Å². The summed E-state index contributed by atoms with van der Waals surface area (Å²) in [6.45, 7) is 1.40. The molecule has 12 nitrogen and oxygen atoms in total. The van der Waals surface area contributed by atoms with E-state index < -0.39 is 47.7 Å². The summed E-state index contributed by atoms with van der Waals surface area (Å²) >= 11 is 5.81. The van der Waals surface area contributed by atoms with Crippen molar-refractivity contribution in [2.75, 3.05) is 5.88 Å². The van der Waals surface area contributed by atoms with Crippen LogP contribution in [-0.2, 0) is 20.8 Å². The molecule has 0 saturated carbocycles. The number of alkyl halides is 1. The van der Waals surface area contributed by atoms with Crippen molar-refractivity contribution in [1.29, 1.82) is 0 Å². The van der Waals surface area contributed by atoms with Gasteiger partial charge in [-0.2, -0.15) is 0 Å². The molecule has 1 aromatic rings. The fraction of sp³-hybridized carbons (Fsp3) is 0.692. The molecule has 146 valence electrons. The van der Waals surface area contributed by atoms with Crippen molar-refractivity contribution in [3.63, 3.8) is 0 Å². The topological polar surface area (TPSA) is 177 Å². The van der Waals surface area contributed by atoms with Gasteiger partial charge >= 0.3 is 11.8 Å². The summed E-state index contributed by atoms with van der Waals surface area (Å²) in [4.78, 5) is 25.3. The van der Waals surface area contributed by atoms with E-state index >= 15 is 0 Å². The highest BCUT2D eigenvalue weighted by molar-refractivity contribution is 6.18. The molecule has 2 heterocycles. The zero-order chi connectivity index (χ0) is 19.6. The van der Waals surface area contributed by atoms with Crippen LogP contribution >= 0.6 is 11.6 Å². The highest BCUT2D eigenvalue weighted by Gasteiger charge is 2.48. The number of nitro groups is 1. The Labute approximate surface area is 151 Å². The van der Waals surface area contributed by atoms with Gasteiger partial charge in [0.25, 0.3) is 0 Å².